The number of rotatable bonds is 0. The average molecular weight is 695 g/mol. The van der Waals surface area contributed by atoms with Crippen molar-refractivity contribution in [1.29, 1.82) is 0 Å². The van der Waals surface area contributed by atoms with Crippen LogP contribution in [-0.4, -0.2) is 0 Å². The second-order valence-corrected chi connectivity index (χ2v) is 10.0. The van der Waals surface area contributed by atoms with Crippen molar-refractivity contribution in [2.45, 2.75) is 34.6 Å². The van der Waals surface area contributed by atoms with Crippen LogP contribution >= 0.6 is 15.6 Å². The van der Waals surface area contributed by atoms with Crippen molar-refractivity contribution in [1.82, 2.24) is 0 Å². The molecule has 15 heteroatoms. The van der Waals surface area contributed by atoms with E-state index in [-0.39, 0.29) is 20.1 Å². The first-order valence-corrected chi connectivity index (χ1v) is 11.8. The summed E-state index contributed by atoms with van der Waals surface area (Å²) in [6.07, 6.45) is 0. The summed E-state index contributed by atoms with van der Waals surface area (Å²) in [5.74, 6) is 1.47. The molecule has 0 unspecified atom stereocenters. The van der Waals surface area contributed by atoms with Crippen molar-refractivity contribution >= 4 is 15.6 Å². The molecule has 0 bridgehead atoms. The zero-order valence-corrected chi connectivity index (χ0v) is 20.9. The van der Waals surface area contributed by atoms with E-state index in [9.17, 15) is 50.4 Å². The van der Waals surface area contributed by atoms with E-state index < -0.39 is 15.6 Å². The van der Waals surface area contributed by atoms with Gasteiger partial charge in [0.05, 0.1) is 0 Å². The summed E-state index contributed by atoms with van der Waals surface area (Å²) in [5, 5.41) is 0. The van der Waals surface area contributed by atoms with E-state index in [1.54, 1.807) is 0 Å². The summed E-state index contributed by atoms with van der Waals surface area (Å²) in [5.41, 5.74) is 5.87. The topological polar surface area (TPSA) is 0 Å². The van der Waals surface area contributed by atoms with E-state index in [1.807, 2.05) is 36.4 Å². The quantitative estimate of drug-likeness (QED) is 0.187. The van der Waals surface area contributed by atoms with Crippen molar-refractivity contribution in [2.24, 2.45) is 0 Å². The largest absolute Gasteiger partial charge is 0.0623 e. The van der Waals surface area contributed by atoms with Gasteiger partial charge < -0.3 is 0 Å². The van der Waals surface area contributed by atoms with Crippen LogP contribution in [0.25, 0.3) is 0 Å². The fraction of sp³-hybridized carbons (Fsp3) is 0.312. The van der Waals surface area contributed by atoms with Gasteiger partial charge in [0, 0.05) is 26.0 Å². The number of hydrogen-bond donors (Lipinski definition) is 0. The van der Waals surface area contributed by atoms with E-state index in [0.717, 1.165) is 0 Å². The smallest absolute Gasteiger partial charge is 0 e. The second kappa shape index (κ2) is 9.32. The third-order valence-electron chi connectivity index (χ3n) is 3.48. The van der Waals surface area contributed by atoms with Crippen LogP contribution in [0.3, 0.4) is 0 Å². The molecule has 0 aromatic heterocycles. The average Bonchev–Trinajstić information content (AvgIpc) is 2.61. The van der Waals surface area contributed by atoms with Crippen LogP contribution in [0.15, 0.2) is 58.7 Å². The number of benzene rings is 1. The van der Waals surface area contributed by atoms with Gasteiger partial charge in [0.15, 0.2) is 0 Å². The Hall–Kier alpha value is -0.631. The molecule has 0 amide bonds. The molecule has 0 atom stereocenters. The van der Waals surface area contributed by atoms with Crippen LogP contribution in [0.1, 0.15) is 34.6 Å². The first-order valence-electron chi connectivity index (χ1n) is 7.78. The van der Waals surface area contributed by atoms with Gasteiger partial charge >= 0.3 is 66.0 Å². The summed E-state index contributed by atoms with van der Waals surface area (Å²) in [4.78, 5) is 0. The molecule has 2 radical (unpaired) electrons. The monoisotopic (exact) mass is 696 g/mol. The Bertz CT molecular complexity index is 673. The van der Waals surface area contributed by atoms with Crippen LogP contribution < -0.4 is 0 Å². The van der Waals surface area contributed by atoms with Gasteiger partial charge in [-0.1, -0.05) is 54.5 Å². The summed E-state index contributed by atoms with van der Waals surface area (Å²) in [6.45, 7) is 11.0. The summed E-state index contributed by atoms with van der Waals surface area (Å²) >= 11 is 0. The maximum atomic E-state index is 9.87. The van der Waals surface area contributed by atoms with Gasteiger partial charge in [-0.25, -0.2) is 0 Å². The molecule has 0 saturated carbocycles. The predicted molar refractivity (Wildman–Crippen MR) is 99.2 cm³/mol. The Labute approximate surface area is 185 Å². The van der Waals surface area contributed by atoms with E-state index in [0.29, 0.717) is 0 Å². The Morgan fingerprint density at radius 2 is 0.516 bits per heavy atom. The fourth-order valence-electron chi connectivity index (χ4n) is 1.79. The zero-order chi connectivity index (χ0) is 24.9. The molecular weight excluding hydrogens is 674 g/mol. The van der Waals surface area contributed by atoms with E-state index in [4.69, 9.17) is 0 Å². The first-order chi connectivity index (χ1) is 12.5. The Morgan fingerprint density at radius 3 is 0.581 bits per heavy atom. The van der Waals surface area contributed by atoms with Crippen LogP contribution in [0.5, 0.6) is 0 Å². The van der Waals surface area contributed by atoms with Crippen molar-refractivity contribution in [3.8, 4) is 0 Å². The van der Waals surface area contributed by atoms with E-state index in [1.165, 1.54) is 28.2 Å². The first kappa shape index (κ1) is 35.0. The van der Waals surface area contributed by atoms with Crippen molar-refractivity contribution in [3.05, 3.63) is 64.6 Å². The van der Waals surface area contributed by atoms with Crippen LogP contribution in [-0.2, 0) is 20.1 Å². The minimum absolute atomic E-state index is 0. The third kappa shape index (κ3) is 34.2. The van der Waals surface area contributed by atoms with Gasteiger partial charge in [-0.05, 0) is 38.8 Å². The van der Waals surface area contributed by atoms with Crippen molar-refractivity contribution < 1.29 is 70.5 Å². The molecule has 1 aromatic rings. The number of halogens is 12. The van der Waals surface area contributed by atoms with Gasteiger partial charge in [0.2, 0.25) is 0 Å². The Kier molecular flexibility index (Phi) is 10.5. The summed E-state index contributed by atoms with van der Waals surface area (Å²) < 4.78 is 118. The summed E-state index contributed by atoms with van der Waals surface area (Å²) in [7, 11) is -21.3. The molecule has 0 N–H and O–H groups in total. The van der Waals surface area contributed by atoms with Crippen LogP contribution in [0, 0.1) is 5.92 Å². The third-order valence-corrected chi connectivity index (χ3v) is 3.48. The predicted octanol–water partition coefficient (Wildman–Crippen LogP) is 11.7. The van der Waals surface area contributed by atoms with Gasteiger partial charge in [0.1, 0.15) is 0 Å². The molecule has 0 aliphatic heterocycles. The molecule has 0 heterocycles. The van der Waals surface area contributed by atoms with Crippen molar-refractivity contribution in [3.63, 3.8) is 0 Å². The normalized spacial score (nSPS) is 18.9. The minimum Gasteiger partial charge on any atom is -0.0623 e. The zero-order valence-electron chi connectivity index (χ0n) is 16.7. The van der Waals surface area contributed by atoms with Gasteiger partial charge in [-0.2, -0.15) is 0 Å². The molecule has 0 saturated heterocycles. The minimum atomic E-state index is -10.7. The SMILES string of the molecule is C[C]1C(C)=C(C)C(C)=C1C.F[P-](F)(F)(F)(F)F.F[P-](F)(F)(F)(F)F.[Ir].c1ccccc1. The van der Waals surface area contributed by atoms with Crippen molar-refractivity contribution in [2.75, 3.05) is 0 Å². The van der Waals surface area contributed by atoms with Gasteiger partial charge in [-0.3, -0.25) is 0 Å². The molecule has 1 aliphatic carbocycles. The molecule has 0 nitrogen and oxygen atoms in total. The fourth-order valence-corrected chi connectivity index (χ4v) is 1.79. The van der Waals surface area contributed by atoms with Crippen LogP contribution in [0.4, 0.5) is 50.4 Å². The Balaban J connectivity index is -0.000000341. The van der Waals surface area contributed by atoms with E-state index >= 15 is 0 Å². The summed E-state index contributed by atoms with van der Waals surface area (Å²) in [6, 6.07) is 12.0. The standard InChI is InChI=1S/C10H15.C6H6.2F6P.Ir/c1-6-7(2)9(4)10(5)8(6)3;1-2-4-6-5-3-1;2*1-7(2,3,4,5)6;/h1-5H3;1-6H;;;/q;;2*-1;. The Morgan fingerprint density at radius 1 is 0.387 bits per heavy atom. The molecule has 31 heavy (non-hydrogen) atoms. The maximum Gasteiger partial charge on any atom is 0 e. The number of allylic oxidation sites excluding steroid dienone is 4. The molecule has 190 valence electrons. The molecule has 1 aliphatic rings. The molecule has 0 fully saturated rings. The number of hydrogen-bond acceptors (Lipinski definition) is 0. The molecule has 0 spiro atoms. The maximum absolute atomic E-state index is 10.7. The second-order valence-electron chi connectivity index (χ2n) is 6.20. The van der Waals surface area contributed by atoms with Gasteiger partial charge in [0.25, 0.3) is 0 Å². The molecular formula is C16H21F12IrP2-2. The molecule has 2 rings (SSSR count). The van der Waals surface area contributed by atoms with E-state index in [2.05, 4.69) is 34.6 Å². The molecule has 1 aromatic carbocycles. The van der Waals surface area contributed by atoms with Gasteiger partial charge in [-0.15, -0.1) is 0 Å². The van der Waals surface area contributed by atoms with Crippen LogP contribution in [0.2, 0.25) is 0 Å².